The minimum atomic E-state index is -3.53. The van der Waals surface area contributed by atoms with Gasteiger partial charge in [-0.2, -0.15) is 4.31 Å². The maximum absolute atomic E-state index is 13.1. The molecule has 1 aliphatic heterocycles. The third-order valence-electron chi connectivity index (χ3n) is 4.08. The molecule has 0 unspecified atom stereocenters. The van der Waals surface area contributed by atoms with Crippen molar-refractivity contribution in [1.82, 2.24) is 4.31 Å². The van der Waals surface area contributed by atoms with E-state index in [4.69, 9.17) is 9.47 Å². The van der Waals surface area contributed by atoms with Crippen molar-refractivity contribution < 1.29 is 22.3 Å². The molecule has 1 saturated carbocycles. The van der Waals surface area contributed by atoms with Crippen LogP contribution in [0.4, 0.5) is 4.39 Å². The first kappa shape index (κ1) is 14.6. The third-order valence-corrected chi connectivity index (χ3v) is 6.37. The molecule has 0 bridgehead atoms. The molecule has 1 fully saturated rings. The Bertz CT molecular complexity index is 661. The number of ether oxygens (including phenoxy) is 2. The van der Waals surface area contributed by atoms with Gasteiger partial charge in [-0.15, -0.1) is 0 Å². The summed E-state index contributed by atoms with van der Waals surface area (Å²) in [6.45, 7) is 0.648. The lowest BCUT2D eigenvalue weighted by Gasteiger charge is -2.28. The standard InChI is InChI=1S/C14H18FNO4S/c1-19-12-5-9-3-4-16(8-10(9)6-13(12)20-2)21(17,18)14-7-11(14)15/h5-6,11,14H,3-4,7-8H2,1-2H3/t11-,14+/m0/s1. The number of alkyl halides is 1. The molecule has 0 aromatic heterocycles. The minimum Gasteiger partial charge on any atom is -0.493 e. The van der Waals surface area contributed by atoms with Gasteiger partial charge < -0.3 is 9.47 Å². The number of methoxy groups -OCH3 is 2. The Morgan fingerprint density at radius 1 is 1.19 bits per heavy atom. The number of hydrogen-bond acceptors (Lipinski definition) is 4. The number of hydrogen-bond donors (Lipinski definition) is 0. The van der Waals surface area contributed by atoms with Crippen LogP contribution in [0.15, 0.2) is 12.1 Å². The van der Waals surface area contributed by atoms with Gasteiger partial charge in [-0.1, -0.05) is 0 Å². The number of benzene rings is 1. The van der Waals surface area contributed by atoms with Gasteiger partial charge in [-0.05, 0) is 29.7 Å². The average molecular weight is 315 g/mol. The number of rotatable bonds is 4. The topological polar surface area (TPSA) is 55.8 Å². The van der Waals surface area contributed by atoms with Crippen LogP contribution in [-0.4, -0.2) is 44.9 Å². The fourth-order valence-corrected chi connectivity index (χ4v) is 4.57. The molecule has 1 heterocycles. The Morgan fingerprint density at radius 3 is 2.29 bits per heavy atom. The lowest BCUT2D eigenvalue weighted by molar-refractivity contribution is 0.348. The second-order valence-electron chi connectivity index (χ2n) is 5.39. The van der Waals surface area contributed by atoms with Crippen LogP contribution in [0.25, 0.3) is 0 Å². The Labute approximate surface area is 123 Å². The zero-order chi connectivity index (χ0) is 15.2. The van der Waals surface area contributed by atoms with E-state index in [9.17, 15) is 12.8 Å². The quantitative estimate of drug-likeness (QED) is 0.845. The van der Waals surface area contributed by atoms with E-state index in [1.54, 1.807) is 20.3 Å². The maximum Gasteiger partial charge on any atom is 0.220 e. The van der Waals surface area contributed by atoms with Gasteiger partial charge in [0.15, 0.2) is 11.5 Å². The van der Waals surface area contributed by atoms with Gasteiger partial charge >= 0.3 is 0 Å². The van der Waals surface area contributed by atoms with Gasteiger partial charge in [0.1, 0.15) is 11.4 Å². The number of halogens is 1. The van der Waals surface area contributed by atoms with Crippen molar-refractivity contribution in [3.8, 4) is 11.5 Å². The van der Waals surface area contributed by atoms with Crippen molar-refractivity contribution in [1.29, 1.82) is 0 Å². The van der Waals surface area contributed by atoms with Crippen molar-refractivity contribution in [3.63, 3.8) is 0 Å². The highest BCUT2D eigenvalue weighted by Crippen LogP contribution is 2.38. The zero-order valence-electron chi connectivity index (χ0n) is 12.0. The molecule has 0 spiro atoms. The first-order chi connectivity index (χ1) is 9.97. The zero-order valence-corrected chi connectivity index (χ0v) is 12.8. The largest absolute Gasteiger partial charge is 0.493 e. The molecule has 5 nitrogen and oxygen atoms in total. The molecule has 1 aromatic carbocycles. The molecular formula is C14H18FNO4S. The normalized spacial score (nSPS) is 25.3. The summed E-state index contributed by atoms with van der Waals surface area (Å²) in [6.07, 6.45) is -0.488. The van der Waals surface area contributed by atoms with Crippen molar-refractivity contribution in [2.24, 2.45) is 0 Å². The monoisotopic (exact) mass is 315 g/mol. The van der Waals surface area contributed by atoms with Crippen LogP contribution in [0.3, 0.4) is 0 Å². The number of nitrogens with zero attached hydrogens (tertiary/aromatic N) is 1. The molecule has 116 valence electrons. The van der Waals surface area contributed by atoms with E-state index >= 15 is 0 Å². The Kier molecular flexibility index (Phi) is 3.57. The summed E-state index contributed by atoms with van der Waals surface area (Å²) >= 11 is 0. The van der Waals surface area contributed by atoms with Crippen molar-refractivity contribution in [3.05, 3.63) is 23.3 Å². The molecule has 0 radical (unpaired) electrons. The SMILES string of the molecule is COc1cc2c(cc1OC)CN(S(=O)(=O)[C@@H]1C[C@@H]1F)CC2. The summed E-state index contributed by atoms with van der Waals surface area (Å²) in [4.78, 5) is 0. The fraction of sp³-hybridized carbons (Fsp3) is 0.571. The number of sulfonamides is 1. The highest BCUT2D eigenvalue weighted by molar-refractivity contribution is 7.90. The van der Waals surface area contributed by atoms with Crippen LogP contribution in [0.2, 0.25) is 0 Å². The van der Waals surface area contributed by atoms with Gasteiger partial charge in [0, 0.05) is 19.5 Å². The van der Waals surface area contributed by atoms with Crippen LogP contribution < -0.4 is 9.47 Å². The minimum absolute atomic E-state index is 0.123. The summed E-state index contributed by atoms with van der Waals surface area (Å²) in [7, 11) is -0.421. The Morgan fingerprint density at radius 2 is 1.76 bits per heavy atom. The second kappa shape index (κ2) is 5.14. The smallest absolute Gasteiger partial charge is 0.220 e. The molecule has 0 amide bonds. The first-order valence-electron chi connectivity index (χ1n) is 6.84. The van der Waals surface area contributed by atoms with Crippen LogP contribution in [0.1, 0.15) is 17.5 Å². The Balaban J connectivity index is 1.88. The average Bonchev–Trinajstić information content (AvgIpc) is 3.23. The van der Waals surface area contributed by atoms with Gasteiger partial charge in [-0.25, -0.2) is 12.8 Å². The molecule has 3 rings (SSSR count). The lowest BCUT2D eigenvalue weighted by atomic mass is 10.0. The Hall–Kier alpha value is -1.34. The molecule has 2 atom stereocenters. The maximum atomic E-state index is 13.1. The van der Waals surface area contributed by atoms with Crippen molar-refractivity contribution in [2.45, 2.75) is 30.8 Å². The summed E-state index contributed by atoms with van der Waals surface area (Å²) in [5.41, 5.74) is 1.94. The summed E-state index contributed by atoms with van der Waals surface area (Å²) in [5, 5.41) is -0.848. The highest BCUT2D eigenvalue weighted by atomic mass is 32.2. The molecule has 0 N–H and O–H groups in total. The first-order valence-corrected chi connectivity index (χ1v) is 8.34. The van der Waals surface area contributed by atoms with E-state index in [1.807, 2.05) is 6.07 Å². The van der Waals surface area contributed by atoms with E-state index < -0.39 is 21.4 Å². The van der Waals surface area contributed by atoms with Crippen molar-refractivity contribution >= 4 is 10.0 Å². The predicted octanol–water partition coefficient (Wildman–Crippen LogP) is 1.50. The van der Waals surface area contributed by atoms with E-state index in [0.29, 0.717) is 24.5 Å². The summed E-state index contributed by atoms with van der Waals surface area (Å²) in [6, 6.07) is 3.68. The molecule has 2 aliphatic rings. The fourth-order valence-electron chi connectivity index (χ4n) is 2.72. The van der Waals surface area contributed by atoms with Gasteiger partial charge in [0.25, 0.3) is 0 Å². The number of fused-ring (bicyclic) bond motifs is 1. The molecule has 1 aromatic rings. The van der Waals surface area contributed by atoms with Crippen LogP contribution in [0.5, 0.6) is 11.5 Å². The van der Waals surface area contributed by atoms with Gasteiger partial charge in [0.2, 0.25) is 10.0 Å². The summed E-state index contributed by atoms with van der Waals surface area (Å²) < 4.78 is 49.5. The predicted molar refractivity (Wildman–Crippen MR) is 75.9 cm³/mol. The molecule has 21 heavy (non-hydrogen) atoms. The van der Waals surface area contributed by atoms with Crippen molar-refractivity contribution in [2.75, 3.05) is 20.8 Å². The molecule has 1 aliphatic carbocycles. The van der Waals surface area contributed by atoms with Gasteiger partial charge in [0.05, 0.1) is 14.2 Å². The lowest BCUT2D eigenvalue weighted by Crippen LogP contribution is -2.38. The highest BCUT2D eigenvalue weighted by Gasteiger charge is 2.51. The van der Waals surface area contributed by atoms with E-state index in [2.05, 4.69) is 0 Å². The van der Waals surface area contributed by atoms with E-state index in [1.165, 1.54) is 4.31 Å². The molecule has 0 saturated heterocycles. The van der Waals surface area contributed by atoms with Gasteiger partial charge in [-0.3, -0.25) is 0 Å². The van der Waals surface area contributed by atoms with Crippen LogP contribution in [0, 0.1) is 0 Å². The molecule has 7 heteroatoms. The molecular weight excluding hydrogens is 297 g/mol. The van der Waals surface area contributed by atoms with E-state index in [0.717, 1.165) is 11.1 Å². The van der Waals surface area contributed by atoms with Crippen LogP contribution >= 0.6 is 0 Å². The third kappa shape index (κ3) is 2.48. The van der Waals surface area contributed by atoms with Crippen LogP contribution in [-0.2, 0) is 23.0 Å². The summed E-state index contributed by atoms with van der Waals surface area (Å²) in [5.74, 6) is 1.21. The van der Waals surface area contributed by atoms with E-state index in [-0.39, 0.29) is 13.0 Å². The second-order valence-corrected chi connectivity index (χ2v) is 7.55.